The number of carbonyl (C=O) groups excluding carboxylic acids is 1. The molecule has 2 aliphatic rings. The molecule has 0 spiro atoms. The number of fused-ring (bicyclic) bond motifs is 6. The number of nitrogens with one attached hydrogen (secondary N) is 1. The van der Waals surface area contributed by atoms with Gasteiger partial charge in [-0.1, -0.05) is 84.4 Å². The molecule has 1 aliphatic carbocycles. The second kappa shape index (κ2) is 11.0. The molecule has 2 unspecified atom stereocenters. The minimum atomic E-state index is -0.0503. The number of benzene rings is 5. The number of nitrogen functional groups attached to an aromatic ring is 1. The second-order valence-electron chi connectivity index (χ2n) is 12.2. The van der Waals surface area contributed by atoms with Gasteiger partial charge in [-0.2, -0.15) is 0 Å². The number of carbonyl (C=O) groups is 1. The Morgan fingerprint density at radius 3 is 2.26 bits per heavy atom. The molecule has 42 heavy (non-hydrogen) atoms. The van der Waals surface area contributed by atoms with Gasteiger partial charge < -0.3 is 11.1 Å². The van der Waals surface area contributed by atoms with E-state index in [1.165, 1.54) is 33.3 Å². The van der Waals surface area contributed by atoms with Gasteiger partial charge in [-0.05, 0) is 103 Å². The third-order valence-electron chi connectivity index (χ3n) is 8.77. The average Bonchev–Trinajstić information content (AvgIpc) is 2.97. The summed E-state index contributed by atoms with van der Waals surface area (Å²) in [6, 6.07) is 31.2. The van der Waals surface area contributed by atoms with E-state index in [-0.39, 0.29) is 23.2 Å². The van der Waals surface area contributed by atoms with Crippen LogP contribution in [0.4, 0.5) is 11.4 Å². The van der Waals surface area contributed by atoms with Crippen LogP contribution in [-0.4, -0.2) is 11.3 Å². The van der Waals surface area contributed by atoms with Crippen LogP contribution in [0, 0.1) is 0 Å². The van der Waals surface area contributed by atoms with E-state index >= 15 is 0 Å². The first-order valence-corrected chi connectivity index (χ1v) is 15.1. The van der Waals surface area contributed by atoms with Gasteiger partial charge in [0.2, 0.25) is 0 Å². The maximum Gasteiger partial charge on any atom is 0.137 e. The number of hydrogen-bond acceptors (Lipinski definition) is 3. The smallest absolute Gasteiger partial charge is 0.137 e. The van der Waals surface area contributed by atoms with Crippen molar-refractivity contribution in [3.05, 3.63) is 124 Å². The number of Topliss-reactive ketones (excluding diaryl/α,β-unsaturated/α-hetero) is 1. The Balaban J connectivity index is 0.000000203. The number of nitrogens with two attached hydrogens (primary N) is 1. The second-order valence-corrected chi connectivity index (χ2v) is 12.7. The van der Waals surface area contributed by atoms with Crippen LogP contribution in [0.3, 0.4) is 0 Å². The summed E-state index contributed by atoms with van der Waals surface area (Å²) in [7, 11) is 0. The van der Waals surface area contributed by atoms with Gasteiger partial charge in [0, 0.05) is 39.2 Å². The fraction of sp³-hybridized carbons (Fsp3) is 0.237. The van der Waals surface area contributed by atoms with Crippen molar-refractivity contribution in [2.45, 2.75) is 57.9 Å². The van der Waals surface area contributed by atoms with Crippen LogP contribution in [0.15, 0.2) is 97.1 Å². The van der Waals surface area contributed by atoms with Gasteiger partial charge in [0.1, 0.15) is 5.78 Å². The summed E-state index contributed by atoms with van der Waals surface area (Å²) in [4.78, 5) is 12.4. The van der Waals surface area contributed by atoms with Crippen molar-refractivity contribution in [1.82, 2.24) is 0 Å². The first-order chi connectivity index (χ1) is 20.1. The lowest BCUT2D eigenvalue weighted by Crippen LogP contribution is -2.31. The van der Waals surface area contributed by atoms with E-state index in [4.69, 9.17) is 17.3 Å². The minimum absolute atomic E-state index is 0.0503. The summed E-state index contributed by atoms with van der Waals surface area (Å²) in [5, 5.41) is 8.80. The Labute approximate surface area is 253 Å². The molecule has 0 bridgehead atoms. The number of ketones is 1. The molecule has 3 nitrogen and oxygen atoms in total. The Kier molecular flexibility index (Phi) is 7.32. The predicted molar refractivity (Wildman–Crippen MR) is 180 cm³/mol. The van der Waals surface area contributed by atoms with Crippen molar-refractivity contribution in [2.24, 2.45) is 0 Å². The average molecular weight is 573 g/mol. The molecule has 0 aromatic heterocycles. The van der Waals surface area contributed by atoms with E-state index in [2.05, 4.69) is 105 Å². The summed E-state index contributed by atoms with van der Waals surface area (Å²) >= 11 is 6.14. The molecule has 1 heterocycles. The van der Waals surface area contributed by atoms with Gasteiger partial charge in [-0.25, -0.2) is 0 Å². The zero-order valence-corrected chi connectivity index (χ0v) is 25.4. The minimum Gasteiger partial charge on any atom is -0.398 e. The summed E-state index contributed by atoms with van der Waals surface area (Å²) in [5.74, 6) is 0.404. The monoisotopic (exact) mass is 572 g/mol. The standard InChI is InChI=1S/C26H22ClNO.C12H15N/c1-15(29)18-10-11-19(16-6-8-17(27)9-7-16)26-23(18)13-12-21-20-4-2-3-5-22(20)25(28)14-24(21)26;1-9-8-12(2,3)13-11-7-5-4-6-10(9)11/h2-9,12-14,18-19H,10-11,28H2,1H3;4-8,13H,1-3H3. The van der Waals surface area contributed by atoms with Crippen molar-refractivity contribution < 1.29 is 4.79 Å². The Hall–Kier alpha value is -4.08. The highest BCUT2D eigenvalue weighted by atomic mass is 35.5. The molecular weight excluding hydrogens is 536 g/mol. The Morgan fingerprint density at radius 1 is 0.857 bits per heavy atom. The highest BCUT2D eigenvalue weighted by molar-refractivity contribution is 6.30. The van der Waals surface area contributed by atoms with Crippen molar-refractivity contribution in [2.75, 3.05) is 11.1 Å². The van der Waals surface area contributed by atoms with E-state index in [1.54, 1.807) is 6.92 Å². The summed E-state index contributed by atoms with van der Waals surface area (Å²) in [6.07, 6.45) is 4.07. The molecule has 7 rings (SSSR count). The SMILES string of the molecule is CC(=O)C1CCC(c2ccc(Cl)cc2)c2c1ccc1c2cc(N)c2ccccc21.CC1=CC(C)(C)Nc2ccccc21. The molecule has 1 aliphatic heterocycles. The maximum atomic E-state index is 12.4. The first kappa shape index (κ1) is 28.1. The molecule has 212 valence electrons. The molecular formula is C38H37ClN2O. The molecule has 0 radical (unpaired) electrons. The summed E-state index contributed by atoms with van der Waals surface area (Å²) in [6.45, 7) is 8.25. The van der Waals surface area contributed by atoms with Gasteiger partial charge in [-0.15, -0.1) is 0 Å². The van der Waals surface area contributed by atoms with Crippen molar-refractivity contribution >= 4 is 55.9 Å². The van der Waals surface area contributed by atoms with Gasteiger partial charge in [0.05, 0.1) is 5.54 Å². The molecule has 0 saturated carbocycles. The van der Waals surface area contributed by atoms with Gasteiger partial charge in [0.25, 0.3) is 0 Å². The molecule has 5 aromatic carbocycles. The highest BCUT2D eigenvalue weighted by Gasteiger charge is 2.32. The topological polar surface area (TPSA) is 55.1 Å². The van der Waals surface area contributed by atoms with E-state index in [0.29, 0.717) is 0 Å². The van der Waals surface area contributed by atoms with Crippen LogP contribution in [0.25, 0.3) is 27.1 Å². The van der Waals surface area contributed by atoms with Crippen molar-refractivity contribution in [1.29, 1.82) is 0 Å². The maximum absolute atomic E-state index is 12.4. The van der Waals surface area contributed by atoms with Crippen LogP contribution in [0.1, 0.15) is 74.6 Å². The quantitative estimate of drug-likeness (QED) is 0.163. The largest absolute Gasteiger partial charge is 0.398 e. The summed E-state index contributed by atoms with van der Waals surface area (Å²) in [5.41, 5.74) is 14.9. The predicted octanol–water partition coefficient (Wildman–Crippen LogP) is 10.1. The number of para-hydroxylation sites is 1. The molecule has 5 aromatic rings. The third kappa shape index (κ3) is 5.18. The summed E-state index contributed by atoms with van der Waals surface area (Å²) < 4.78 is 0. The zero-order chi connectivity index (χ0) is 29.6. The molecule has 0 fully saturated rings. The van der Waals surface area contributed by atoms with Crippen molar-refractivity contribution in [3.8, 4) is 0 Å². The Bertz CT molecular complexity index is 1850. The van der Waals surface area contributed by atoms with Crippen LogP contribution in [0.2, 0.25) is 5.02 Å². The molecule has 3 N–H and O–H groups in total. The lowest BCUT2D eigenvalue weighted by atomic mass is 9.71. The number of rotatable bonds is 2. The lowest BCUT2D eigenvalue weighted by Gasteiger charge is -2.32. The number of halogens is 1. The lowest BCUT2D eigenvalue weighted by molar-refractivity contribution is -0.118. The normalized spacial score (nSPS) is 18.6. The number of allylic oxidation sites excluding steroid dienone is 1. The van der Waals surface area contributed by atoms with E-state index in [1.807, 2.05) is 18.2 Å². The first-order valence-electron chi connectivity index (χ1n) is 14.7. The number of hydrogen-bond donors (Lipinski definition) is 2. The van der Waals surface area contributed by atoms with Gasteiger partial charge >= 0.3 is 0 Å². The van der Waals surface area contributed by atoms with Gasteiger partial charge in [-0.3, -0.25) is 4.79 Å². The zero-order valence-electron chi connectivity index (χ0n) is 24.7. The van der Waals surface area contributed by atoms with Crippen LogP contribution >= 0.6 is 11.6 Å². The third-order valence-corrected chi connectivity index (χ3v) is 9.02. The molecule has 0 saturated heterocycles. The van der Waals surface area contributed by atoms with E-state index < -0.39 is 0 Å². The van der Waals surface area contributed by atoms with Gasteiger partial charge in [0.15, 0.2) is 0 Å². The fourth-order valence-electron chi connectivity index (χ4n) is 6.96. The molecule has 2 atom stereocenters. The van der Waals surface area contributed by atoms with Crippen LogP contribution in [0.5, 0.6) is 0 Å². The molecule has 4 heteroatoms. The van der Waals surface area contributed by atoms with E-state index in [0.717, 1.165) is 45.3 Å². The van der Waals surface area contributed by atoms with Crippen LogP contribution in [-0.2, 0) is 4.79 Å². The van der Waals surface area contributed by atoms with E-state index in [9.17, 15) is 4.79 Å². The molecule has 0 amide bonds. The van der Waals surface area contributed by atoms with Crippen LogP contribution < -0.4 is 11.1 Å². The van der Waals surface area contributed by atoms with Crippen molar-refractivity contribution in [3.63, 3.8) is 0 Å². The number of anilines is 2. The highest BCUT2D eigenvalue weighted by Crippen LogP contribution is 2.47. The Morgan fingerprint density at radius 2 is 1.52 bits per heavy atom. The fourth-order valence-corrected chi connectivity index (χ4v) is 7.09.